The molecule has 100 valence electrons. The summed E-state index contributed by atoms with van der Waals surface area (Å²) in [6.07, 6.45) is 0.411. The summed E-state index contributed by atoms with van der Waals surface area (Å²) in [5.74, 6) is 7.15. The maximum absolute atomic E-state index is 11.8. The smallest absolute Gasteiger partial charge is 0.230 e. The van der Waals surface area contributed by atoms with E-state index in [1.165, 1.54) is 0 Å². The first kappa shape index (κ1) is 13.5. The molecule has 1 heterocycles. The summed E-state index contributed by atoms with van der Waals surface area (Å²) in [7, 11) is 1.77. The van der Waals surface area contributed by atoms with E-state index in [2.05, 4.69) is 32.6 Å². The first-order valence-corrected chi connectivity index (χ1v) is 6.43. The molecule has 2 rings (SSSR count). The van der Waals surface area contributed by atoms with Gasteiger partial charge in [0, 0.05) is 18.0 Å². The van der Waals surface area contributed by atoms with Crippen molar-refractivity contribution in [2.75, 3.05) is 18.6 Å². The molecule has 0 unspecified atom stereocenters. The zero-order valence-electron chi connectivity index (χ0n) is 11.9. The standard InChI is InChI=1S/C16H19NO2/c1-16(2,3)9-7-12-5-6-14-13(11-12)17(4)15(18)8-10-19-14/h5-6,11H,8,10H2,1-4H3. The van der Waals surface area contributed by atoms with Crippen LogP contribution in [0.25, 0.3) is 0 Å². The molecule has 3 heteroatoms. The van der Waals surface area contributed by atoms with Crippen molar-refractivity contribution in [1.82, 2.24) is 0 Å². The van der Waals surface area contributed by atoms with E-state index in [1.807, 2.05) is 18.2 Å². The number of carbonyl (C=O) groups is 1. The Morgan fingerprint density at radius 2 is 2.05 bits per heavy atom. The number of ether oxygens (including phenoxy) is 1. The van der Waals surface area contributed by atoms with E-state index in [1.54, 1.807) is 11.9 Å². The minimum atomic E-state index is -0.0367. The Labute approximate surface area is 114 Å². The van der Waals surface area contributed by atoms with Crippen molar-refractivity contribution in [3.63, 3.8) is 0 Å². The van der Waals surface area contributed by atoms with Gasteiger partial charge in [-0.25, -0.2) is 0 Å². The van der Waals surface area contributed by atoms with Gasteiger partial charge in [-0.05, 0) is 39.0 Å². The van der Waals surface area contributed by atoms with Gasteiger partial charge in [0.2, 0.25) is 5.91 Å². The maximum Gasteiger partial charge on any atom is 0.230 e. The van der Waals surface area contributed by atoms with Crippen LogP contribution in [0.5, 0.6) is 5.75 Å². The van der Waals surface area contributed by atoms with Crippen LogP contribution < -0.4 is 9.64 Å². The Morgan fingerprint density at radius 1 is 1.32 bits per heavy atom. The topological polar surface area (TPSA) is 29.5 Å². The third kappa shape index (κ3) is 3.29. The molecule has 0 saturated carbocycles. The van der Waals surface area contributed by atoms with Crippen molar-refractivity contribution in [3.05, 3.63) is 23.8 Å². The van der Waals surface area contributed by atoms with Crippen molar-refractivity contribution in [2.45, 2.75) is 27.2 Å². The second-order valence-electron chi connectivity index (χ2n) is 5.73. The van der Waals surface area contributed by atoms with Gasteiger partial charge in [-0.3, -0.25) is 4.79 Å². The zero-order chi connectivity index (χ0) is 14.0. The number of nitrogens with zero attached hydrogens (tertiary/aromatic N) is 1. The van der Waals surface area contributed by atoms with Crippen LogP contribution in [0.2, 0.25) is 0 Å². The predicted molar refractivity (Wildman–Crippen MR) is 76.3 cm³/mol. The van der Waals surface area contributed by atoms with Gasteiger partial charge in [-0.15, -0.1) is 0 Å². The van der Waals surface area contributed by atoms with E-state index in [-0.39, 0.29) is 11.3 Å². The third-order valence-electron chi connectivity index (χ3n) is 2.85. The highest BCUT2D eigenvalue weighted by Crippen LogP contribution is 2.31. The zero-order valence-corrected chi connectivity index (χ0v) is 11.9. The van der Waals surface area contributed by atoms with Crippen molar-refractivity contribution >= 4 is 11.6 Å². The lowest BCUT2D eigenvalue weighted by atomic mass is 9.97. The molecular formula is C16H19NO2. The molecule has 0 atom stereocenters. The fourth-order valence-corrected chi connectivity index (χ4v) is 1.79. The van der Waals surface area contributed by atoms with Crippen molar-refractivity contribution < 1.29 is 9.53 Å². The molecule has 1 aromatic rings. The Balaban J connectivity index is 2.39. The molecule has 0 radical (unpaired) electrons. The highest BCUT2D eigenvalue weighted by molar-refractivity contribution is 5.95. The SMILES string of the molecule is CN1C(=O)CCOc2ccc(C#CC(C)(C)C)cc21. The number of fused-ring (bicyclic) bond motifs is 1. The first-order valence-electron chi connectivity index (χ1n) is 6.43. The minimum absolute atomic E-state index is 0.0367. The second kappa shape index (κ2) is 4.97. The van der Waals surface area contributed by atoms with E-state index in [0.29, 0.717) is 13.0 Å². The van der Waals surface area contributed by atoms with Gasteiger partial charge in [0.1, 0.15) is 5.75 Å². The summed E-state index contributed by atoms with van der Waals surface area (Å²) in [6.45, 7) is 6.65. The van der Waals surface area contributed by atoms with Gasteiger partial charge in [0.25, 0.3) is 0 Å². The van der Waals surface area contributed by atoms with Crippen LogP contribution in [-0.2, 0) is 4.79 Å². The van der Waals surface area contributed by atoms with E-state index in [0.717, 1.165) is 17.0 Å². The molecule has 0 fully saturated rings. The quantitative estimate of drug-likeness (QED) is 0.669. The molecule has 0 bridgehead atoms. The molecule has 19 heavy (non-hydrogen) atoms. The van der Waals surface area contributed by atoms with E-state index >= 15 is 0 Å². The molecule has 0 spiro atoms. The third-order valence-corrected chi connectivity index (χ3v) is 2.85. The highest BCUT2D eigenvalue weighted by atomic mass is 16.5. The molecule has 0 N–H and O–H groups in total. The van der Waals surface area contributed by atoms with Gasteiger partial charge < -0.3 is 9.64 Å². The minimum Gasteiger partial charge on any atom is -0.491 e. The molecule has 1 aliphatic heterocycles. The van der Waals surface area contributed by atoms with Crippen LogP contribution >= 0.6 is 0 Å². The van der Waals surface area contributed by atoms with E-state index in [9.17, 15) is 4.79 Å². The van der Waals surface area contributed by atoms with Crippen molar-refractivity contribution in [2.24, 2.45) is 5.41 Å². The van der Waals surface area contributed by atoms with Crippen molar-refractivity contribution in [1.29, 1.82) is 0 Å². The number of benzene rings is 1. The lowest BCUT2D eigenvalue weighted by Crippen LogP contribution is -2.25. The van der Waals surface area contributed by atoms with Crippen LogP contribution in [0.4, 0.5) is 5.69 Å². The lowest BCUT2D eigenvalue weighted by molar-refractivity contribution is -0.118. The molecule has 1 amide bonds. The van der Waals surface area contributed by atoms with Gasteiger partial charge in [-0.1, -0.05) is 11.8 Å². The number of rotatable bonds is 0. The monoisotopic (exact) mass is 257 g/mol. The molecule has 0 saturated heterocycles. The fourth-order valence-electron chi connectivity index (χ4n) is 1.79. The second-order valence-corrected chi connectivity index (χ2v) is 5.73. The fraction of sp³-hybridized carbons (Fsp3) is 0.438. The number of carbonyl (C=O) groups excluding carboxylic acids is 1. The van der Waals surface area contributed by atoms with Crippen molar-refractivity contribution in [3.8, 4) is 17.6 Å². The highest BCUT2D eigenvalue weighted by Gasteiger charge is 2.19. The Morgan fingerprint density at radius 3 is 2.74 bits per heavy atom. The normalized spacial score (nSPS) is 14.9. The maximum atomic E-state index is 11.8. The number of hydrogen-bond acceptors (Lipinski definition) is 2. The molecule has 3 nitrogen and oxygen atoms in total. The molecule has 1 aliphatic rings. The number of hydrogen-bond donors (Lipinski definition) is 0. The largest absolute Gasteiger partial charge is 0.491 e. The summed E-state index contributed by atoms with van der Waals surface area (Å²) in [5.41, 5.74) is 1.66. The van der Waals surface area contributed by atoms with Crippen LogP contribution in [0.15, 0.2) is 18.2 Å². The van der Waals surface area contributed by atoms with Gasteiger partial charge >= 0.3 is 0 Å². The Hall–Kier alpha value is -1.95. The first-order chi connectivity index (χ1) is 8.87. The van der Waals surface area contributed by atoms with E-state index in [4.69, 9.17) is 4.74 Å². The summed E-state index contributed by atoms with van der Waals surface area (Å²) in [4.78, 5) is 13.5. The summed E-state index contributed by atoms with van der Waals surface area (Å²) < 4.78 is 5.58. The van der Waals surface area contributed by atoms with Crippen LogP contribution in [0.3, 0.4) is 0 Å². The predicted octanol–water partition coefficient (Wildman–Crippen LogP) is 2.83. The molecular weight excluding hydrogens is 238 g/mol. The van der Waals surface area contributed by atoms with Crippen LogP contribution in [-0.4, -0.2) is 19.6 Å². The average molecular weight is 257 g/mol. The summed E-state index contributed by atoms with van der Waals surface area (Å²) in [5, 5.41) is 0. The summed E-state index contributed by atoms with van der Waals surface area (Å²) in [6, 6.07) is 5.73. The number of amides is 1. The lowest BCUT2D eigenvalue weighted by Gasteiger charge is -2.16. The number of anilines is 1. The van der Waals surface area contributed by atoms with Gasteiger partial charge in [-0.2, -0.15) is 0 Å². The molecule has 0 aliphatic carbocycles. The van der Waals surface area contributed by atoms with E-state index < -0.39 is 0 Å². The van der Waals surface area contributed by atoms with Crippen LogP contribution in [0.1, 0.15) is 32.8 Å². The average Bonchev–Trinajstić information content (AvgIpc) is 2.47. The Kier molecular flexibility index (Phi) is 3.53. The molecule has 0 aromatic heterocycles. The molecule has 1 aromatic carbocycles. The van der Waals surface area contributed by atoms with Crippen LogP contribution in [0, 0.1) is 17.3 Å². The van der Waals surface area contributed by atoms with Gasteiger partial charge in [0.15, 0.2) is 0 Å². The summed E-state index contributed by atoms with van der Waals surface area (Å²) >= 11 is 0. The Bertz CT molecular complexity index is 558. The van der Waals surface area contributed by atoms with Gasteiger partial charge in [0.05, 0.1) is 18.7 Å².